The lowest BCUT2D eigenvalue weighted by molar-refractivity contribution is -0.137. The Labute approximate surface area is 170 Å². The van der Waals surface area contributed by atoms with Crippen molar-refractivity contribution < 1.29 is 13.2 Å². The standard InChI is InChI=1S/C19H20F3N7O/c20-19(21,22)15-3-1-6-23-18(15)27-12-9-26(10-13-27)11-14-29-17(30)5-4-16(25-29)28-8-2-7-24-28/h1-8H,9-14H2. The molecule has 1 fully saturated rings. The molecule has 158 valence electrons. The van der Waals surface area contributed by atoms with Gasteiger partial charge in [0.2, 0.25) is 0 Å². The predicted octanol–water partition coefficient (Wildman–Crippen LogP) is 1.66. The number of anilines is 1. The van der Waals surface area contributed by atoms with Crippen LogP contribution in [0.2, 0.25) is 0 Å². The SMILES string of the molecule is O=c1ccc(-n2cccn2)nn1CCN1CCN(c2ncccc2C(F)(F)F)CC1. The van der Waals surface area contributed by atoms with Crippen LogP contribution in [-0.4, -0.2) is 62.2 Å². The Morgan fingerprint density at radius 2 is 1.77 bits per heavy atom. The molecule has 1 aliphatic heterocycles. The van der Waals surface area contributed by atoms with Gasteiger partial charge in [-0.15, -0.1) is 5.10 Å². The summed E-state index contributed by atoms with van der Waals surface area (Å²) >= 11 is 0. The Kier molecular flexibility index (Phi) is 5.53. The second kappa shape index (κ2) is 8.27. The monoisotopic (exact) mass is 419 g/mol. The molecule has 30 heavy (non-hydrogen) atoms. The summed E-state index contributed by atoms with van der Waals surface area (Å²) in [5.41, 5.74) is -0.933. The summed E-state index contributed by atoms with van der Waals surface area (Å²) in [4.78, 5) is 19.8. The van der Waals surface area contributed by atoms with Crippen LogP contribution in [0.15, 0.2) is 53.7 Å². The Balaban J connectivity index is 1.38. The maximum Gasteiger partial charge on any atom is 0.419 e. The van der Waals surface area contributed by atoms with Crippen molar-refractivity contribution in [3.63, 3.8) is 0 Å². The fourth-order valence-corrected chi connectivity index (χ4v) is 3.41. The average molecular weight is 419 g/mol. The Morgan fingerprint density at radius 1 is 0.967 bits per heavy atom. The van der Waals surface area contributed by atoms with Gasteiger partial charge in [0, 0.05) is 57.4 Å². The largest absolute Gasteiger partial charge is 0.419 e. The van der Waals surface area contributed by atoms with Crippen LogP contribution in [-0.2, 0) is 12.7 Å². The van der Waals surface area contributed by atoms with Crippen molar-refractivity contribution >= 4 is 5.82 Å². The van der Waals surface area contributed by atoms with Crippen molar-refractivity contribution in [1.82, 2.24) is 29.4 Å². The number of aromatic nitrogens is 5. The third-order valence-corrected chi connectivity index (χ3v) is 4.98. The minimum absolute atomic E-state index is 0.0329. The molecule has 0 spiro atoms. The molecule has 0 unspecified atom stereocenters. The van der Waals surface area contributed by atoms with E-state index in [1.807, 2.05) is 0 Å². The first-order chi connectivity index (χ1) is 14.4. The van der Waals surface area contributed by atoms with Gasteiger partial charge in [-0.2, -0.15) is 18.3 Å². The third kappa shape index (κ3) is 4.35. The fourth-order valence-electron chi connectivity index (χ4n) is 3.41. The van der Waals surface area contributed by atoms with Gasteiger partial charge < -0.3 is 4.90 Å². The van der Waals surface area contributed by atoms with Crippen LogP contribution in [0, 0.1) is 0 Å². The number of nitrogens with zero attached hydrogens (tertiary/aromatic N) is 7. The molecule has 8 nitrogen and oxygen atoms in total. The average Bonchev–Trinajstić information content (AvgIpc) is 3.28. The fraction of sp³-hybridized carbons (Fsp3) is 0.368. The van der Waals surface area contributed by atoms with Crippen LogP contribution >= 0.6 is 0 Å². The minimum atomic E-state index is -4.44. The van der Waals surface area contributed by atoms with E-state index < -0.39 is 11.7 Å². The Hall–Kier alpha value is -3.21. The number of pyridine rings is 1. The van der Waals surface area contributed by atoms with E-state index in [0.29, 0.717) is 45.1 Å². The second-order valence-corrected chi connectivity index (χ2v) is 6.90. The molecule has 1 aliphatic rings. The first-order valence-electron chi connectivity index (χ1n) is 9.49. The van der Waals surface area contributed by atoms with Gasteiger partial charge in [0.15, 0.2) is 5.82 Å². The molecule has 0 aromatic carbocycles. The van der Waals surface area contributed by atoms with Gasteiger partial charge in [-0.1, -0.05) is 0 Å². The number of halogens is 3. The third-order valence-electron chi connectivity index (χ3n) is 4.98. The van der Waals surface area contributed by atoms with Gasteiger partial charge in [-0.05, 0) is 24.3 Å². The van der Waals surface area contributed by atoms with Crippen LogP contribution in [0.1, 0.15) is 5.56 Å². The van der Waals surface area contributed by atoms with Crippen molar-refractivity contribution in [1.29, 1.82) is 0 Å². The van der Waals surface area contributed by atoms with Crippen LogP contribution in [0.3, 0.4) is 0 Å². The van der Waals surface area contributed by atoms with Crippen molar-refractivity contribution in [3.8, 4) is 5.82 Å². The molecule has 0 bridgehead atoms. The molecule has 0 N–H and O–H groups in total. The van der Waals surface area contributed by atoms with E-state index in [1.165, 1.54) is 23.0 Å². The summed E-state index contributed by atoms with van der Waals surface area (Å²) in [5, 5.41) is 8.44. The summed E-state index contributed by atoms with van der Waals surface area (Å²) in [6.07, 6.45) is 0.306. The lowest BCUT2D eigenvalue weighted by Gasteiger charge is -2.36. The normalized spacial score (nSPS) is 15.5. The van der Waals surface area contributed by atoms with E-state index in [1.54, 1.807) is 34.1 Å². The maximum atomic E-state index is 13.2. The summed E-state index contributed by atoms with van der Waals surface area (Å²) in [6.45, 7) is 2.94. The number of alkyl halides is 3. The molecule has 3 aromatic rings. The predicted molar refractivity (Wildman–Crippen MR) is 104 cm³/mol. The number of piperazine rings is 1. The van der Waals surface area contributed by atoms with E-state index in [-0.39, 0.29) is 11.4 Å². The van der Waals surface area contributed by atoms with E-state index in [9.17, 15) is 18.0 Å². The van der Waals surface area contributed by atoms with Crippen molar-refractivity contribution in [2.45, 2.75) is 12.7 Å². The summed E-state index contributed by atoms with van der Waals surface area (Å²) in [7, 11) is 0. The molecule has 1 saturated heterocycles. The highest BCUT2D eigenvalue weighted by Crippen LogP contribution is 2.35. The highest BCUT2D eigenvalue weighted by molar-refractivity contribution is 5.48. The van der Waals surface area contributed by atoms with E-state index in [0.717, 1.165) is 6.07 Å². The molecular weight excluding hydrogens is 399 g/mol. The lowest BCUT2D eigenvalue weighted by atomic mass is 10.2. The molecule has 4 heterocycles. The first kappa shape index (κ1) is 20.1. The van der Waals surface area contributed by atoms with Crippen molar-refractivity contribution in [2.24, 2.45) is 0 Å². The smallest absolute Gasteiger partial charge is 0.354 e. The van der Waals surface area contributed by atoms with E-state index >= 15 is 0 Å². The molecule has 0 radical (unpaired) electrons. The molecule has 4 rings (SSSR count). The van der Waals surface area contributed by atoms with E-state index in [4.69, 9.17) is 0 Å². The van der Waals surface area contributed by atoms with Gasteiger partial charge >= 0.3 is 6.18 Å². The Bertz CT molecular complexity index is 1040. The van der Waals surface area contributed by atoms with Gasteiger partial charge in [0.05, 0.1) is 12.1 Å². The van der Waals surface area contributed by atoms with Gasteiger partial charge in [0.25, 0.3) is 5.56 Å². The number of rotatable bonds is 5. The van der Waals surface area contributed by atoms with Crippen LogP contribution in [0.4, 0.5) is 19.0 Å². The maximum absolute atomic E-state index is 13.2. The first-order valence-corrected chi connectivity index (χ1v) is 9.49. The number of hydrogen-bond acceptors (Lipinski definition) is 6. The quantitative estimate of drug-likeness (QED) is 0.627. The van der Waals surface area contributed by atoms with Gasteiger partial charge in [0.1, 0.15) is 5.82 Å². The topological polar surface area (TPSA) is 72.1 Å². The van der Waals surface area contributed by atoms with Crippen LogP contribution < -0.4 is 10.5 Å². The highest BCUT2D eigenvalue weighted by Gasteiger charge is 2.36. The highest BCUT2D eigenvalue weighted by atomic mass is 19.4. The molecule has 3 aromatic heterocycles. The van der Waals surface area contributed by atoms with Crippen LogP contribution in [0.5, 0.6) is 0 Å². The lowest BCUT2D eigenvalue weighted by Crippen LogP contribution is -2.48. The second-order valence-electron chi connectivity index (χ2n) is 6.90. The van der Waals surface area contributed by atoms with E-state index in [2.05, 4.69) is 20.1 Å². The molecule has 11 heteroatoms. The molecule has 0 atom stereocenters. The summed E-state index contributed by atoms with van der Waals surface area (Å²) in [6, 6.07) is 7.17. The molecular formula is C19H20F3N7O. The van der Waals surface area contributed by atoms with Crippen LogP contribution in [0.25, 0.3) is 5.82 Å². The minimum Gasteiger partial charge on any atom is -0.354 e. The molecule has 0 amide bonds. The zero-order chi connectivity index (χ0) is 21.1. The zero-order valence-corrected chi connectivity index (χ0v) is 16.0. The summed E-state index contributed by atoms with van der Waals surface area (Å²) < 4.78 is 42.7. The Morgan fingerprint density at radius 3 is 2.47 bits per heavy atom. The van der Waals surface area contributed by atoms with Gasteiger partial charge in [-0.25, -0.2) is 14.3 Å². The molecule has 0 saturated carbocycles. The van der Waals surface area contributed by atoms with Gasteiger partial charge in [-0.3, -0.25) is 9.69 Å². The van der Waals surface area contributed by atoms with Crippen molar-refractivity contribution in [2.75, 3.05) is 37.6 Å². The molecule has 0 aliphatic carbocycles. The summed E-state index contributed by atoms with van der Waals surface area (Å²) in [5.74, 6) is 0.508. The zero-order valence-electron chi connectivity index (χ0n) is 16.0. The number of hydrogen-bond donors (Lipinski definition) is 0. The van der Waals surface area contributed by atoms with Crippen molar-refractivity contribution in [3.05, 3.63) is 64.8 Å².